The Morgan fingerprint density at radius 1 is 1.00 bits per heavy atom. The Bertz CT molecular complexity index is 1070. The van der Waals surface area contributed by atoms with Crippen molar-refractivity contribution in [3.8, 4) is 0 Å². The SMILES string of the molecule is Cc1ccc([C@@H]2CN(C(=O)c3ccc4n[nH]nc4c3)[C@H]3C4CCN(CC4)[C@@H]23)cc1. The fourth-order valence-electron chi connectivity index (χ4n) is 5.90. The van der Waals surface area contributed by atoms with E-state index in [0.717, 1.165) is 17.6 Å². The molecule has 4 aliphatic rings. The van der Waals surface area contributed by atoms with E-state index in [2.05, 4.69) is 56.4 Å². The number of nitrogens with one attached hydrogen (secondary N) is 1. The summed E-state index contributed by atoms with van der Waals surface area (Å²) in [6.45, 7) is 5.26. The molecule has 29 heavy (non-hydrogen) atoms. The maximum absolute atomic E-state index is 13.6. The summed E-state index contributed by atoms with van der Waals surface area (Å²) in [5.74, 6) is 1.12. The Balaban J connectivity index is 1.38. The number of piperidine rings is 3. The molecule has 5 heterocycles. The highest BCUT2D eigenvalue weighted by molar-refractivity contribution is 5.97. The van der Waals surface area contributed by atoms with Crippen LogP contribution < -0.4 is 0 Å². The summed E-state index contributed by atoms with van der Waals surface area (Å²) in [5.41, 5.74) is 4.89. The zero-order valence-electron chi connectivity index (χ0n) is 16.6. The van der Waals surface area contributed by atoms with Crippen LogP contribution in [0.3, 0.4) is 0 Å². The van der Waals surface area contributed by atoms with Gasteiger partial charge in [0.15, 0.2) is 0 Å². The molecule has 6 heteroatoms. The van der Waals surface area contributed by atoms with Crippen LogP contribution in [0.2, 0.25) is 0 Å². The van der Waals surface area contributed by atoms with Gasteiger partial charge in [0, 0.05) is 24.1 Å². The van der Waals surface area contributed by atoms with E-state index in [1.54, 1.807) is 0 Å². The Morgan fingerprint density at radius 3 is 2.55 bits per heavy atom. The number of carbonyl (C=O) groups is 1. The van der Waals surface area contributed by atoms with Gasteiger partial charge in [0.05, 0.1) is 6.04 Å². The van der Waals surface area contributed by atoms with Crippen molar-refractivity contribution in [1.82, 2.24) is 25.2 Å². The van der Waals surface area contributed by atoms with E-state index in [1.807, 2.05) is 18.2 Å². The number of likely N-dealkylation sites (tertiary alicyclic amines) is 1. The van der Waals surface area contributed by atoms with Gasteiger partial charge in [0.1, 0.15) is 11.0 Å². The number of aromatic nitrogens is 3. The number of H-pyrrole nitrogens is 1. The number of rotatable bonds is 2. The third-order valence-electron chi connectivity index (χ3n) is 7.32. The summed E-state index contributed by atoms with van der Waals surface area (Å²) in [5, 5.41) is 10.9. The predicted molar refractivity (Wildman–Crippen MR) is 111 cm³/mol. The van der Waals surface area contributed by atoms with Gasteiger partial charge < -0.3 is 4.90 Å². The normalized spacial score (nSPS) is 30.7. The quantitative estimate of drug-likeness (QED) is 0.734. The van der Waals surface area contributed by atoms with E-state index in [9.17, 15) is 4.79 Å². The second-order valence-electron chi connectivity index (χ2n) is 8.86. The minimum atomic E-state index is 0.133. The van der Waals surface area contributed by atoms with Crippen molar-refractivity contribution in [2.75, 3.05) is 19.6 Å². The van der Waals surface area contributed by atoms with Gasteiger partial charge in [-0.2, -0.15) is 15.4 Å². The summed E-state index contributed by atoms with van der Waals surface area (Å²) in [6, 6.07) is 15.3. The summed E-state index contributed by atoms with van der Waals surface area (Å²) in [7, 11) is 0. The number of hydrogen-bond acceptors (Lipinski definition) is 4. The van der Waals surface area contributed by atoms with Gasteiger partial charge in [-0.1, -0.05) is 29.8 Å². The van der Waals surface area contributed by atoms with Crippen molar-refractivity contribution in [2.45, 2.75) is 37.8 Å². The topological polar surface area (TPSA) is 65.1 Å². The highest BCUT2D eigenvalue weighted by Gasteiger charge is 2.54. The zero-order valence-corrected chi connectivity index (χ0v) is 16.6. The molecule has 0 unspecified atom stereocenters. The number of amides is 1. The number of fused-ring (bicyclic) bond motifs is 3. The largest absolute Gasteiger partial charge is 0.333 e. The molecule has 6 nitrogen and oxygen atoms in total. The summed E-state index contributed by atoms with van der Waals surface area (Å²) in [4.78, 5) is 18.4. The molecule has 0 spiro atoms. The molecule has 4 saturated heterocycles. The van der Waals surface area contributed by atoms with Crippen molar-refractivity contribution in [2.24, 2.45) is 5.92 Å². The minimum Gasteiger partial charge on any atom is -0.333 e. The smallest absolute Gasteiger partial charge is 0.254 e. The van der Waals surface area contributed by atoms with Crippen LogP contribution >= 0.6 is 0 Å². The molecular formula is C23H25N5O. The first-order valence-electron chi connectivity index (χ1n) is 10.6. The monoisotopic (exact) mass is 387 g/mol. The van der Waals surface area contributed by atoms with Crippen LogP contribution in [0.15, 0.2) is 42.5 Å². The Labute approximate surface area is 169 Å². The highest BCUT2D eigenvalue weighted by atomic mass is 16.2. The average molecular weight is 387 g/mol. The van der Waals surface area contributed by atoms with Crippen molar-refractivity contribution in [3.05, 3.63) is 59.2 Å². The van der Waals surface area contributed by atoms with Crippen molar-refractivity contribution in [1.29, 1.82) is 0 Å². The molecule has 0 aliphatic carbocycles. The maximum Gasteiger partial charge on any atom is 0.254 e. The van der Waals surface area contributed by atoms with E-state index in [4.69, 9.17) is 0 Å². The summed E-state index contributed by atoms with van der Waals surface area (Å²) >= 11 is 0. The van der Waals surface area contributed by atoms with Crippen LogP contribution in [0.4, 0.5) is 0 Å². The average Bonchev–Trinajstić information content (AvgIpc) is 3.40. The minimum absolute atomic E-state index is 0.133. The number of carbonyl (C=O) groups excluding carboxylic acids is 1. The van der Waals surface area contributed by atoms with Gasteiger partial charge in [-0.05, 0) is 62.5 Å². The molecule has 1 N–H and O–H groups in total. The first-order valence-corrected chi connectivity index (χ1v) is 10.6. The zero-order chi connectivity index (χ0) is 19.5. The van der Waals surface area contributed by atoms with Crippen molar-refractivity contribution >= 4 is 16.9 Å². The first-order chi connectivity index (χ1) is 14.2. The Kier molecular flexibility index (Phi) is 3.78. The fourth-order valence-corrected chi connectivity index (χ4v) is 5.90. The molecule has 0 radical (unpaired) electrons. The molecule has 2 aromatic carbocycles. The third-order valence-corrected chi connectivity index (χ3v) is 7.32. The van der Waals surface area contributed by atoms with Crippen LogP contribution in [0.5, 0.6) is 0 Å². The van der Waals surface area contributed by atoms with Crippen LogP contribution in [0.25, 0.3) is 11.0 Å². The van der Waals surface area contributed by atoms with E-state index < -0.39 is 0 Å². The Hall–Kier alpha value is -2.73. The summed E-state index contributed by atoms with van der Waals surface area (Å²) in [6.07, 6.45) is 2.40. The molecule has 3 aromatic rings. The number of aryl methyl sites for hydroxylation is 1. The molecule has 148 valence electrons. The van der Waals surface area contributed by atoms with Crippen LogP contribution in [0, 0.1) is 12.8 Å². The van der Waals surface area contributed by atoms with Gasteiger partial charge >= 0.3 is 0 Å². The summed E-state index contributed by atoms with van der Waals surface area (Å²) < 4.78 is 0. The molecule has 1 amide bonds. The fraction of sp³-hybridized carbons (Fsp3) is 0.435. The van der Waals surface area contributed by atoms with Crippen LogP contribution in [-0.4, -0.2) is 62.8 Å². The number of aromatic amines is 1. The molecule has 2 bridgehead atoms. The van der Waals surface area contributed by atoms with Gasteiger partial charge in [0.2, 0.25) is 0 Å². The van der Waals surface area contributed by atoms with Gasteiger partial charge in [0.25, 0.3) is 5.91 Å². The lowest BCUT2D eigenvalue weighted by Crippen LogP contribution is -2.60. The highest BCUT2D eigenvalue weighted by Crippen LogP contribution is 2.47. The number of nitrogens with zero attached hydrogens (tertiary/aromatic N) is 4. The second kappa shape index (κ2) is 6.39. The van der Waals surface area contributed by atoms with Gasteiger partial charge in [-0.25, -0.2) is 0 Å². The Morgan fingerprint density at radius 2 is 1.76 bits per heavy atom. The maximum atomic E-state index is 13.6. The lowest BCUT2D eigenvalue weighted by molar-refractivity contribution is -0.00340. The molecule has 0 saturated carbocycles. The molecular weight excluding hydrogens is 362 g/mol. The molecule has 7 rings (SSSR count). The number of benzene rings is 2. The van der Waals surface area contributed by atoms with E-state index in [1.165, 1.54) is 37.1 Å². The van der Waals surface area contributed by atoms with Crippen LogP contribution in [0.1, 0.15) is 40.2 Å². The van der Waals surface area contributed by atoms with Crippen LogP contribution in [-0.2, 0) is 0 Å². The second-order valence-corrected chi connectivity index (χ2v) is 8.86. The predicted octanol–water partition coefficient (Wildman–Crippen LogP) is 2.97. The van der Waals surface area contributed by atoms with Crippen molar-refractivity contribution < 1.29 is 4.79 Å². The number of hydrogen-bond donors (Lipinski definition) is 1. The molecule has 4 fully saturated rings. The molecule has 3 atom stereocenters. The van der Waals surface area contributed by atoms with E-state index in [-0.39, 0.29) is 5.91 Å². The third kappa shape index (κ3) is 2.62. The lowest BCUT2D eigenvalue weighted by atomic mass is 9.75. The molecule has 1 aromatic heterocycles. The van der Waals surface area contributed by atoms with Gasteiger partial charge in [-0.15, -0.1) is 0 Å². The van der Waals surface area contributed by atoms with E-state index in [0.29, 0.717) is 29.5 Å². The molecule has 4 aliphatic heterocycles. The van der Waals surface area contributed by atoms with E-state index >= 15 is 0 Å². The van der Waals surface area contributed by atoms with Gasteiger partial charge in [-0.3, -0.25) is 9.69 Å². The van der Waals surface area contributed by atoms with Crippen molar-refractivity contribution in [3.63, 3.8) is 0 Å². The first kappa shape index (κ1) is 17.2. The lowest BCUT2D eigenvalue weighted by Gasteiger charge is -2.51. The standard InChI is InChI=1S/C23H25N5O/c1-14-2-4-15(5-3-14)18-13-28(21-16-8-10-27(11-9-16)22(18)21)23(29)17-6-7-19-20(12-17)25-26-24-19/h2-7,12,16,18,21-22H,8-11,13H2,1H3,(H,24,25,26)/t18-,21-,22-/m0/s1.